The lowest BCUT2D eigenvalue weighted by Crippen LogP contribution is -2.33. The first-order chi connectivity index (χ1) is 15.7. The van der Waals surface area contributed by atoms with Crippen LogP contribution in [0.2, 0.25) is 0 Å². The average Bonchev–Trinajstić information content (AvgIpc) is 3.06. The van der Waals surface area contributed by atoms with E-state index < -0.39 is 0 Å². The Labute approximate surface area is 189 Å². The monoisotopic (exact) mass is 433 g/mol. The van der Waals surface area contributed by atoms with E-state index in [4.69, 9.17) is 4.74 Å². The summed E-state index contributed by atoms with van der Waals surface area (Å²) in [6.45, 7) is 7.19. The number of amides is 1. The molecule has 1 saturated heterocycles. The number of anilines is 1. The molecule has 3 heterocycles. The molecule has 0 saturated carbocycles. The molecule has 168 valence electrons. The van der Waals surface area contributed by atoms with Crippen molar-refractivity contribution in [1.82, 2.24) is 19.8 Å². The molecule has 7 heteroatoms. The number of hydrogen-bond donors (Lipinski definition) is 1. The molecule has 0 radical (unpaired) electrons. The number of carbonyl (C=O) groups excluding carboxylic acids is 1. The standard InChI is InChI=1S/C25H31N5O2/c1-32-15-14-30-10-3-9-29(12-13-30)11-7-20-16-23(19-26-18-20)28-25(31)22-6-5-21-4-2-8-27-24(21)17-22/h2,4-6,8,16-19H,3,7,9-15H2,1H3,(H,28,31). The molecular weight excluding hydrogens is 402 g/mol. The van der Waals surface area contributed by atoms with Gasteiger partial charge in [-0.2, -0.15) is 0 Å². The maximum atomic E-state index is 12.7. The third-order valence-corrected chi connectivity index (χ3v) is 5.93. The topological polar surface area (TPSA) is 70.6 Å². The highest BCUT2D eigenvalue weighted by atomic mass is 16.5. The first-order valence-electron chi connectivity index (χ1n) is 11.2. The van der Waals surface area contributed by atoms with Crippen LogP contribution in [0.3, 0.4) is 0 Å². The molecule has 3 aromatic rings. The van der Waals surface area contributed by atoms with Crippen molar-refractivity contribution in [1.29, 1.82) is 0 Å². The molecule has 1 N–H and O–H groups in total. The first-order valence-corrected chi connectivity index (χ1v) is 11.2. The third kappa shape index (κ3) is 6.09. The second kappa shape index (κ2) is 11.1. The highest BCUT2D eigenvalue weighted by molar-refractivity contribution is 6.06. The van der Waals surface area contributed by atoms with Crippen LogP contribution in [0, 0.1) is 0 Å². The lowest BCUT2D eigenvalue weighted by Gasteiger charge is -2.21. The van der Waals surface area contributed by atoms with Gasteiger partial charge in [0.05, 0.1) is 24.0 Å². The van der Waals surface area contributed by atoms with E-state index in [-0.39, 0.29) is 5.91 Å². The molecule has 0 spiro atoms. The summed E-state index contributed by atoms with van der Waals surface area (Å²) in [5.41, 5.74) is 3.24. The van der Waals surface area contributed by atoms with Gasteiger partial charge in [0.25, 0.3) is 5.91 Å². The Bertz CT molecular complexity index is 1040. The Hall–Kier alpha value is -2.87. The van der Waals surface area contributed by atoms with Crippen LogP contribution >= 0.6 is 0 Å². The molecular formula is C25H31N5O2. The summed E-state index contributed by atoms with van der Waals surface area (Å²) in [5, 5.41) is 3.99. The highest BCUT2D eigenvalue weighted by Crippen LogP contribution is 2.16. The summed E-state index contributed by atoms with van der Waals surface area (Å²) in [6.07, 6.45) is 7.41. The van der Waals surface area contributed by atoms with Gasteiger partial charge >= 0.3 is 0 Å². The Morgan fingerprint density at radius 2 is 1.91 bits per heavy atom. The van der Waals surface area contributed by atoms with Crippen molar-refractivity contribution in [3.63, 3.8) is 0 Å². The molecule has 1 fully saturated rings. The van der Waals surface area contributed by atoms with Crippen LogP contribution in [0.5, 0.6) is 0 Å². The van der Waals surface area contributed by atoms with E-state index in [1.54, 1.807) is 19.5 Å². The van der Waals surface area contributed by atoms with Gasteiger partial charge in [0.15, 0.2) is 0 Å². The molecule has 0 bridgehead atoms. The van der Waals surface area contributed by atoms with Gasteiger partial charge in [-0.15, -0.1) is 0 Å². The summed E-state index contributed by atoms with van der Waals surface area (Å²) in [4.78, 5) is 26.4. The molecule has 32 heavy (non-hydrogen) atoms. The van der Waals surface area contributed by atoms with Crippen molar-refractivity contribution in [3.8, 4) is 0 Å². The van der Waals surface area contributed by atoms with Gasteiger partial charge in [-0.05, 0) is 55.8 Å². The number of hydrogen-bond acceptors (Lipinski definition) is 6. The predicted octanol–water partition coefficient (Wildman–Crippen LogP) is 3.08. The predicted molar refractivity (Wildman–Crippen MR) is 127 cm³/mol. The van der Waals surface area contributed by atoms with Gasteiger partial charge in [0, 0.05) is 56.6 Å². The van der Waals surface area contributed by atoms with Crippen LogP contribution in [0.1, 0.15) is 22.3 Å². The zero-order valence-electron chi connectivity index (χ0n) is 18.7. The van der Waals surface area contributed by atoms with Gasteiger partial charge in [0.2, 0.25) is 0 Å². The third-order valence-electron chi connectivity index (χ3n) is 5.93. The number of methoxy groups -OCH3 is 1. The van der Waals surface area contributed by atoms with E-state index in [1.807, 2.05) is 42.6 Å². The highest BCUT2D eigenvalue weighted by Gasteiger charge is 2.14. The minimum absolute atomic E-state index is 0.153. The molecule has 0 unspecified atom stereocenters. The largest absolute Gasteiger partial charge is 0.383 e. The summed E-state index contributed by atoms with van der Waals surface area (Å²) in [6, 6.07) is 11.5. The van der Waals surface area contributed by atoms with Crippen LogP contribution in [0.25, 0.3) is 10.9 Å². The van der Waals surface area contributed by atoms with Gasteiger partial charge in [-0.3, -0.25) is 19.7 Å². The van der Waals surface area contributed by atoms with E-state index in [0.29, 0.717) is 5.56 Å². The summed E-state index contributed by atoms with van der Waals surface area (Å²) in [5.74, 6) is -0.153. The van der Waals surface area contributed by atoms with Gasteiger partial charge in [-0.25, -0.2) is 0 Å². The Kier molecular flexibility index (Phi) is 7.77. The van der Waals surface area contributed by atoms with Crippen LogP contribution in [0.4, 0.5) is 5.69 Å². The molecule has 1 aliphatic rings. The van der Waals surface area contributed by atoms with E-state index in [0.717, 1.165) is 74.5 Å². The van der Waals surface area contributed by atoms with Gasteiger partial charge in [-0.1, -0.05) is 12.1 Å². The van der Waals surface area contributed by atoms with Crippen LogP contribution in [-0.4, -0.2) is 78.7 Å². The minimum atomic E-state index is -0.153. The minimum Gasteiger partial charge on any atom is -0.383 e. The smallest absolute Gasteiger partial charge is 0.255 e. The molecule has 1 aromatic carbocycles. The number of fused-ring (bicyclic) bond motifs is 1. The van der Waals surface area contributed by atoms with E-state index in [2.05, 4.69) is 25.1 Å². The molecule has 2 aromatic heterocycles. The maximum Gasteiger partial charge on any atom is 0.255 e. The summed E-state index contributed by atoms with van der Waals surface area (Å²) >= 11 is 0. The zero-order chi connectivity index (χ0) is 22.2. The lowest BCUT2D eigenvalue weighted by molar-refractivity contribution is 0.102. The van der Waals surface area contributed by atoms with Crippen molar-refractivity contribution >= 4 is 22.5 Å². The fraction of sp³-hybridized carbons (Fsp3) is 0.400. The lowest BCUT2D eigenvalue weighted by atomic mass is 10.1. The molecule has 0 atom stereocenters. The van der Waals surface area contributed by atoms with E-state index >= 15 is 0 Å². The number of pyridine rings is 2. The maximum absolute atomic E-state index is 12.7. The Morgan fingerprint density at radius 1 is 1.06 bits per heavy atom. The molecule has 1 amide bonds. The SMILES string of the molecule is COCCN1CCCN(CCc2cncc(NC(=O)c3ccc4cccnc4c3)c2)CC1. The second-order valence-electron chi connectivity index (χ2n) is 8.23. The van der Waals surface area contributed by atoms with Crippen molar-refractivity contribution in [2.75, 3.05) is 58.3 Å². The van der Waals surface area contributed by atoms with E-state index in [1.165, 1.54) is 6.42 Å². The van der Waals surface area contributed by atoms with Crippen LogP contribution < -0.4 is 5.32 Å². The first kappa shape index (κ1) is 22.3. The fourth-order valence-corrected chi connectivity index (χ4v) is 4.08. The number of nitrogens with zero attached hydrogens (tertiary/aromatic N) is 4. The molecule has 1 aliphatic heterocycles. The van der Waals surface area contributed by atoms with Crippen LogP contribution in [0.15, 0.2) is 55.0 Å². The molecule has 0 aliphatic carbocycles. The Balaban J connectivity index is 1.31. The van der Waals surface area contributed by atoms with Gasteiger partial charge in [0.1, 0.15) is 0 Å². The zero-order valence-corrected chi connectivity index (χ0v) is 18.7. The second-order valence-corrected chi connectivity index (χ2v) is 8.23. The normalized spacial score (nSPS) is 15.5. The number of benzene rings is 1. The summed E-state index contributed by atoms with van der Waals surface area (Å²) < 4.78 is 5.21. The molecule has 4 rings (SSSR count). The van der Waals surface area contributed by atoms with Crippen molar-refractivity contribution < 1.29 is 9.53 Å². The fourth-order valence-electron chi connectivity index (χ4n) is 4.08. The average molecular weight is 434 g/mol. The quantitative estimate of drug-likeness (QED) is 0.589. The summed E-state index contributed by atoms with van der Waals surface area (Å²) in [7, 11) is 1.76. The number of nitrogens with one attached hydrogen (secondary N) is 1. The number of aromatic nitrogens is 2. The number of ether oxygens (including phenoxy) is 1. The van der Waals surface area contributed by atoms with Gasteiger partial charge < -0.3 is 15.0 Å². The Morgan fingerprint density at radius 3 is 2.75 bits per heavy atom. The van der Waals surface area contributed by atoms with Crippen molar-refractivity contribution in [2.45, 2.75) is 12.8 Å². The van der Waals surface area contributed by atoms with Crippen molar-refractivity contribution in [2.24, 2.45) is 0 Å². The molecule has 7 nitrogen and oxygen atoms in total. The van der Waals surface area contributed by atoms with Crippen molar-refractivity contribution in [3.05, 3.63) is 66.1 Å². The number of carbonyl (C=O) groups is 1. The van der Waals surface area contributed by atoms with Crippen LogP contribution in [-0.2, 0) is 11.2 Å². The number of rotatable bonds is 8. The van der Waals surface area contributed by atoms with E-state index in [9.17, 15) is 4.79 Å².